The highest BCUT2D eigenvalue weighted by Gasteiger charge is 2.00. The van der Waals surface area contributed by atoms with Crippen LogP contribution in [-0.4, -0.2) is 17.4 Å². The van der Waals surface area contributed by atoms with Crippen molar-refractivity contribution in [2.24, 2.45) is 10.7 Å². The van der Waals surface area contributed by atoms with E-state index in [4.69, 9.17) is 5.73 Å². The van der Waals surface area contributed by atoms with Gasteiger partial charge in [0.05, 0.1) is 16.3 Å². The Morgan fingerprint density at radius 2 is 1.96 bits per heavy atom. The molecule has 0 unspecified atom stereocenters. The molecule has 24 heavy (non-hydrogen) atoms. The van der Waals surface area contributed by atoms with Crippen LogP contribution >= 0.6 is 11.3 Å². The SMILES string of the molecule is NC(=Nc1ccc(CCNCc2ccccn2)cc1)c1cccs1. The number of hydrogen-bond donors (Lipinski definition) is 2. The minimum Gasteiger partial charge on any atom is -0.383 e. The first-order chi connectivity index (χ1) is 11.8. The zero-order valence-corrected chi connectivity index (χ0v) is 14.2. The van der Waals surface area contributed by atoms with Gasteiger partial charge in [-0.25, -0.2) is 4.99 Å². The van der Waals surface area contributed by atoms with E-state index in [1.54, 1.807) is 11.3 Å². The van der Waals surface area contributed by atoms with Crippen molar-refractivity contribution in [3.05, 3.63) is 82.3 Å². The Morgan fingerprint density at radius 1 is 1.08 bits per heavy atom. The molecule has 4 nitrogen and oxygen atoms in total. The standard InChI is InChI=1S/C19H20N4S/c20-19(18-5-3-13-24-18)23-16-8-6-15(7-9-16)10-12-21-14-17-4-1-2-11-22-17/h1-9,11,13,21H,10,12,14H2,(H2,20,23). The Morgan fingerprint density at radius 3 is 2.67 bits per heavy atom. The van der Waals surface area contributed by atoms with Gasteiger partial charge in [-0.15, -0.1) is 11.3 Å². The van der Waals surface area contributed by atoms with Crippen LogP contribution in [0.25, 0.3) is 0 Å². The van der Waals surface area contributed by atoms with Crippen LogP contribution in [0.15, 0.2) is 71.2 Å². The summed E-state index contributed by atoms with van der Waals surface area (Å²) in [7, 11) is 0. The summed E-state index contributed by atoms with van der Waals surface area (Å²) in [6, 6.07) is 18.1. The highest BCUT2D eigenvalue weighted by molar-refractivity contribution is 7.12. The molecule has 122 valence electrons. The minimum atomic E-state index is 0.565. The van der Waals surface area contributed by atoms with Gasteiger partial charge >= 0.3 is 0 Å². The van der Waals surface area contributed by atoms with Gasteiger partial charge < -0.3 is 11.1 Å². The van der Waals surface area contributed by atoms with E-state index >= 15 is 0 Å². The van der Waals surface area contributed by atoms with Crippen LogP contribution in [0, 0.1) is 0 Å². The van der Waals surface area contributed by atoms with Gasteiger partial charge in [-0.2, -0.15) is 0 Å². The maximum Gasteiger partial charge on any atom is 0.141 e. The summed E-state index contributed by atoms with van der Waals surface area (Å²) in [5.41, 5.74) is 9.22. The number of nitrogens with two attached hydrogens (primary N) is 1. The molecule has 0 radical (unpaired) electrons. The molecule has 2 aromatic heterocycles. The van der Waals surface area contributed by atoms with Crippen molar-refractivity contribution in [1.82, 2.24) is 10.3 Å². The number of hydrogen-bond acceptors (Lipinski definition) is 4. The van der Waals surface area contributed by atoms with Gasteiger partial charge in [-0.1, -0.05) is 24.3 Å². The number of aromatic nitrogens is 1. The third-order valence-electron chi connectivity index (χ3n) is 3.58. The number of amidine groups is 1. The summed E-state index contributed by atoms with van der Waals surface area (Å²) in [6.45, 7) is 1.71. The summed E-state index contributed by atoms with van der Waals surface area (Å²) in [4.78, 5) is 9.75. The first-order valence-electron chi connectivity index (χ1n) is 7.89. The van der Waals surface area contributed by atoms with Crippen LogP contribution in [-0.2, 0) is 13.0 Å². The van der Waals surface area contributed by atoms with Gasteiger partial charge in [0.25, 0.3) is 0 Å². The lowest BCUT2D eigenvalue weighted by atomic mass is 10.1. The Kier molecular flexibility index (Phi) is 5.71. The second kappa shape index (κ2) is 8.38. The Hall–Kier alpha value is -2.50. The molecule has 3 N–H and O–H groups in total. The van der Waals surface area contributed by atoms with Crippen molar-refractivity contribution in [3.8, 4) is 0 Å². The molecule has 0 aliphatic carbocycles. The van der Waals surface area contributed by atoms with Crippen LogP contribution < -0.4 is 11.1 Å². The minimum absolute atomic E-state index is 0.565. The molecule has 0 saturated carbocycles. The van der Waals surface area contributed by atoms with Crippen molar-refractivity contribution in [2.75, 3.05) is 6.54 Å². The van der Waals surface area contributed by atoms with Crippen LogP contribution in [0.5, 0.6) is 0 Å². The number of rotatable bonds is 7. The van der Waals surface area contributed by atoms with E-state index in [1.165, 1.54) is 5.56 Å². The second-order valence-electron chi connectivity index (χ2n) is 5.39. The smallest absolute Gasteiger partial charge is 0.141 e. The average Bonchev–Trinajstić information content (AvgIpc) is 3.16. The molecule has 0 aliphatic rings. The summed E-state index contributed by atoms with van der Waals surface area (Å²) in [6.07, 6.45) is 2.79. The largest absolute Gasteiger partial charge is 0.383 e. The summed E-state index contributed by atoms with van der Waals surface area (Å²) >= 11 is 1.60. The number of thiophene rings is 1. The Bertz CT molecular complexity index is 765. The molecule has 0 amide bonds. The van der Waals surface area contributed by atoms with Crippen molar-refractivity contribution in [2.45, 2.75) is 13.0 Å². The zero-order valence-electron chi connectivity index (χ0n) is 13.4. The lowest BCUT2D eigenvalue weighted by molar-refractivity contribution is 0.675. The van der Waals surface area contributed by atoms with Gasteiger partial charge in [0.2, 0.25) is 0 Å². The monoisotopic (exact) mass is 336 g/mol. The van der Waals surface area contributed by atoms with Crippen LogP contribution in [0.3, 0.4) is 0 Å². The molecular weight excluding hydrogens is 316 g/mol. The van der Waals surface area contributed by atoms with Gasteiger partial charge in [0.1, 0.15) is 5.84 Å². The number of benzene rings is 1. The molecule has 0 atom stereocenters. The molecule has 3 rings (SSSR count). The normalized spacial score (nSPS) is 11.6. The highest BCUT2D eigenvalue weighted by atomic mass is 32.1. The highest BCUT2D eigenvalue weighted by Crippen LogP contribution is 2.16. The third kappa shape index (κ3) is 4.75. The van der Waals surface area contributed by atoms with E-state index in [2.05, 4.69) is 27.4 Å². The molecule has 5 heteroatoms. The molecule has 0 fully saturated rings. The van der Waals surface area contributed by atoms with E-state index in [0.717, 1.165) is 35.8 Å². The second-order valence-corrected chi connectivity index (χ2v) is 6.34. The van der Waals surface area contributed by atoms with Crippen molar-refractivity contribution in [1.29, 1.82) is 0 Å². The first kappa shape index (κ1) is 16.4. The maximum atomic E-state index is 6.01. The van der Waals surface area contributed by atoms with Gasteiger partial charge in [-0.3, -0.25) is 4.98 Å². The summed E-state index contributed by atoms with van der Waals surface area (Å²) in [5.74, 6) is 0.565. The topological polar surface area (TPSA) is 63.3 Å². The van der Waals surface area contributed by atoms with E-state index < -0.39 is 0 Å². The molecule has 0 bridgehead atoms. The number of nitrogens with zero attached hydrogens (tertiary/aromatic N) is 2. The molecule has 0 spiro atoms. The van der Waals surface area contributed by atoms with Crippen LogP contribution in [0.1, 0.15) is 16.1 Å². The van der Waals surface area contributed by atoms with E-state index in [1.807, 2.05) is 54.0 Å². The summed E-state index contributed by atoms with van der Waals surface area (Å²) in [5, 5.41) is 5.41. The predicted octanol–water partition coefficient (Wildman–Crippen LogP) is 3.51. The number of aliphatic imine (C=N–C) groups is 1. The van der Waals surface area contributed by atoms with Crippen molar-refractivity contribution < 1.29 is 0 Å². The Balaban J connectivity index is 1.49. The maximum absolute atomic E-state index is 6.01. The number of pyridine rings is 1. The fourth-order valence-corrected chi connectivity index (χ4v) is 2.93. The first-order valence-corrected chi connectivity index (χ1v) is 8.77. The predicted molar refractivity (Wildman–Crippen MR) is 101 cm³/mol. The quantitative estimate of drug-likeness (QED) is 0.394. The zero-order chi connectivity index (χ0) is 16.6. The molecule has 2 heterocycles. The van der Waals surface area contributed by atoms with Gasteiger partial charge in [0, 0.05) is 12.7 Å². The third-order valence-corrected chi connectivity index (χ3v) is 4.47. The van der Waals surface area contributed by atoms with E-state index in [-0.39, 0.29) is 0 Å². The fraction of sp³-hybridized carbons (Fsp3) is 0.158. The van der Waals surface area contributed by atoms with E-state index in [0.29, 0.717) is 5.84 Å². The van der Waals surface area contributed by atoms with Gasteiger partial charge in [-0.05, 0) is 54.2 Å². The lowest BCUT2D eigenvalue weighted by Crippen LogP contribution is -2.17. The van der Waals surface area contributed by atoms with Crippen molar-refractivity contribution in [3.63, 3.8) is 0 Å². The van der Waals surface area contributed by atoms with E-state index in [9.17, 15) is 0 Å². The molecule has 0 saturated heterocycles. The Labute approximate surface area is 146 Å². The van der Waals surface area contributed by atoms with Crippen molar-refractivity contribution >= 4 is 22.9 Å². The average molecular weight is 336 g/mol. The molecule has 3 aromatic rings. The molecule has 0 aliphatic heterocycles. The van der Waals surface area contributed by atoms with Crippen LogP contribution in [0.2, 0.25) is 0 Å². The molecular formula is C19H20N4S. The lowest BCUT2D eigenvalue weighted by Gasteiger charge is -2.05. The molecule has 1 aromatic carbocycles. The number of nitrogens with one attached hydrogen (secondary N) is 1. The fourth-order valence-electron chi connectivity index (χ4n) is 2.31. The van der Waals surface area contributed by atoms with Gasteiger partial charge in [0.15, 0.2) is 0 Å². The van der Waals surface area contributed by atoms with Crippen LogP contribution in [0.4, 0.5) is 5.69 Å². The summed E-state index contributed by atoms with van der Waals surface area (Å²) < 4.78 is 0.